The fraction of sp³-hybridized carbons (Fsp3) is 0.257. The lowest BCUT2D eigenvalue weighted by Crippen LogP contribution is -2.52. The van der Waals surface area contributed by atoms with E-state index in [4.69, 9.17) is 0 Å². The summed E-state index contributed by atoms with van der Waals surface area (Å²) in [5.41, 5.74) is 1.75. The second kappa shape index (κ2) is 11.7. The van der Waals surface area contributed by atoms with Crippen molar-refractivity contribution in [2.24, 2.45) is 5.41 Å². The van der Waals surface area contributed by atoms with Crippen LogP contribution in [0.5, 0.6) is 0 Å². The maximum Gasteiger partial charge on any atom is 0.318 e. The Kier molecular flexibility index (Phi) is 7.91. The van der Waals surface area contributed by atoms with Gasteiger partial charge in [0, 0.05) is 18.8 Å². The van der Waals surface area contributed by atoms with Crippen molar-refractivity contribution in [2.75, 3.05) is 18.0 Å². The van der Waals surface area contributed by atoms with Gasteiger partial charge in [0.15, 0.2) is 0 Å². The van der Waals surface area contributed by atoms with E-state index in [-0.39, 0.29) is 25.2 Å². The van der Waals surface area contributed by atoms with Gasteiger partial charge in [0.05, 0.1) is 45.3 Å². The molecule has 2 atom stereocenters. The molecular weight excluding hydrogens is 602 g/mol. The number of rotatable bonds is 9. The Balaban J connectivity index is 1.44. The number of fused-ring (bicyclic) bond motifs is 1. The molecule has 1 amide bonds. The quantitative estimate of drug-likeness (QED) is 0.213. The number of carbonyl (C=O) groups excluding carboxylic acids is 1. The number of carbonyl (C=O) groups is 2. The van der Waals surface area contributed by atoms with E-state index in [1.54, 1.807) is 67.4 Å². The molecule has 5 aromatic rings. The summed E-state index contributed by atoms with van der Waals surface area (Å²) in [7, 11) is 0. The Hall–Kier alpha value is -5.00. The van der Waals surface area contributed by atoms with Crippen molar-refractivity contribution < 1.29 is 19.8 Å². The molecule has 2 aromatic heterocycles. The van der Waals surface area contributed by atoms with Crippen molar-refractivity contribution in [2.45, 2.75) is 39.0 Å². The Labute approximate surface area is 269 Å². The number of anilines is 1. The highest BCUT2D eigenvalue weighted by molar-refractivity contribution is 7.16. The zero-order chi connectivity index (χ0) is 32.8. The first kappa shape index (κ1) is 31.0. The van der Waals surface area contributed by atoms with E-state index >= 15 is 0 Å². The number of aliphatic carboxylic acids is 1. The van der Waals surface area contributed by atoms with Gasteiger partial charge >= 0.3 is 5.97 Å². The molecule has 1 saturated heterocycles. The van der Waals surface area contributed by atoms with Crippen molar-refractivity contribution in [1.29, 1.82) is 0 Å². The van der Waals surface area contributed by atoms with E-state index in [2.05, 4.69) is 16.9 Å². The number of benzene rings is 3. The second-order valence-corrected chi connectivity index (χ2v) is 13.2. The van der Waals surface area contributed by atoms with E-state index in [0.29, 0.717) is 22.5 Å². The Morgan fingerprint density at radius 2 is 1.74 bits per heavy atom. The summed E-state index contributed by atoms with van der Waals surface area (Å²) in [6, 6.07) is 22.8. The molecule has 0 spiro atoms. The molecule has 0 saturated carbocycles. The van der Waals surface area contributed by atoms with Crippen LogP contribution in [-0.2, 0) is 11.3 Å². The van der Waals surface area contributed by atoms with Crippen molar-refractivity contribution in [3.05, 3.63) is 118 Å². The molecular formula is C35H35N5O5S. The number of carboxylic acids is 1. The lowest BCUT2D eigenvalue weighted by Gasteiger charge is -2.33. The van der Waals surface area contributed by atoms with Crippen molar-refractivity contribution >= 4 is 44.7 Å². The van der Waals surface area contributed by atoms with Crippen LogP contribution in [0.2, 0.25) is 0 Å². The van der Waals surface area contributed by atoms with Crippen LogP contribution >= 0.6 is 11.3 Å². The molecule has 1 fully saturated rings. The minimum Gasteiger partial charge on any atom is -0.480 e. The minimum atomic E-state index is -1.62. The van der Waals surface area contributed by atoms with Crippen LogP contribution in [-0.4, -0.2) is 61.2 Å². The van der Waals surface area contributed by atoms with Gasteiger partial charge in [-0.3, -0.25) is 19.1 Å². The third-order valence-electron chi connectivity index (χ3n) is 8.63. The first-order valence-electron chi connectivity index (χ1n) is 14.9. The van der Waals surface area contributed by atoms with Gasteiger partial charge < -0.3 is 20.4 Å². The van der Waals surface area contributed by atoms with E-state index in [0.717, 1.165) is 15.9 Å². The number of nitrogens with zero attached hydrogens (tertiary/aromatic N) is 4. The van der Waals surface area contributed by atoms with Gasteiger partial charge in [0.2, 0.25) is 0 Å². The van der Waals surface area contributed by atoms with Gasteiger partial charge in [-0.1, -0.05) is 55.1 Å². The first-order chi connectivity index (χ1) is 21.9. The summed E-state index contributed by atoms with van der Waals surface area (Å²) in [4.78, 5) is 47.9. The third kappa shape index (κ3) is 5.41. The molecule has 0 bridgehead atoms. The number of nitrogens with one attached hydrogen (secondary N) is 1. The SMILES string of the molecule is C=C(c1ccccc1)[C@]1(C(=O)O)CN(c2ccc3ncsc3c2)C[C@H]1NC(=O)c1c(C)n(CC(C)(C)O)n(-c2ccccc2)c1=O. The van der Waals surface area contributed by atoms with Gasteiger partial charge in [-0.05, 0) is 62.2 Å². The highest BCUT2D eigenvalue weighted by Gasteiger charge is 2.56. The lowest BCUT2D eigenvalue weighted by molar-refractivity contribution is -0.145. The summed E-state index contributed by atoms with van der Waals surface area (Å²) in [6.45, 7) is 9.41. The maximum atomic E-state index is 14.2. The predicted molar refractivity (Wildman–Crippen MR) is 180 cm³/mol. The molecule has 3 aromatic carbocycles. The van der Waals surface area contributed by atoms with Gasteiger partial charge in [-0.15, -0.1) is 11.3 Å². The van der Waals surface area contributed by atoms with Crippen LogP contribution in [0.25, 0.3) is 21.5 Å². The number of aromatic nitrogens is 3. The fourth-order valence-corrected chi connectivity index (χ4v) is 7.04. The predicted octanol–water partition coefficient (Wildman–Crippen LogP) is 4.73. The average molecular weight is 638 g/mol. The van der Waals surface area contributed by atoms with E-state index in [1.807, 2.05) is 47.4 Å². The number of thiazole rings is 1. The lowest BCUT2D eigenvalue weighted by atomic mass is 9.73. The van der Waals surface area contributed by atoms with Gasteiger partial charge in [-0.2, -0.15) is 0 Å². The Morgan fingerprint density at radius 1 is 1.07 bits per heavy atom. The first-order valence-corrected chi connectivity index (χ1v) is 15.8. The standard InChI is InChI=1S/C35H35N5O5S/c1-22(24-11-7-5-8-12-24)35(33(43)44)20-38(26-15-16-27-28(17-26)46-21-36-27)18-29(35)37-31(41)30-23(2)39(19-34(3,4)45)40(32(30)42)25-13-9-6-10-14-25/h5-17,21,29,45H,1,18-20H2,2-4H3,(H,37,41)(H,43,44)/t29-,35-/m1/s1. The van der Waals surface area contributed by atoms with Crippen LogP contribution in [0, 0.1) is 12.3 Å². The van der Waals surface area contributed by atoms with Crippen LogP contribution in [0.3, 0.4) is 0 Å². The summed E-state index contributed by atoms with van der Waals surface area (Å²) < 4.78 is 3.92. The normalized spacial score (nSPS) is 18.2. The molecule has 10 nitrogen and oxygen atoms in total. The average Bonchev–Trinajstić information content (AvgIpc) is 3.71. The minimum absolute atomic E-state index is 0.0391. The van der Waals surface area contributed by atoms with Crippen LogP contribution in [0.1, 0.15) is 35.5 Å². The molecule has 236 valence electrons. The summed E-state index contributed by atoms with van der Waals surface area (Å²) in [6.07, 6.45) is 0. The molecule has 1 aliphatic rings. The summed E-state index contributed by atoms with van der Waals surface area (Å²) >= 11 is 1.49. The Morgan fingerprint density at radius 3 is 2.39 bits per heavy atom. The summed E-state index contributed by atoms with van der Waals surface area (Å²) in [5, 5.41) is 24.6. The van der Waals surface area contributed by atoms with Crippen molar-refractivity contribution in [3.63, 3.8) is 0 Å². The molecule has 6 rings (SSSR count). The third-order valence-corrected chi connectivity index (χ3v) is 9.42. The number of hydrogen-bond acceptors (Lipinski definition) is 7. The number of aliphatic hydroxyl groups is 1. The second-order valence-electron chi connectivity index (χ2n) is 12.3. The number of hydrogen-bond donors (Lipinski definition) is 3. The summed E-state index contributed by atoms with van der Waals surface area (Å²) in [5.74, 6) is -1.83. The van der Waals surface area contributed by atoms with Crippen molar-refractivity contribution in [1.82, 2.24) is 19.7 Å². The molecule has 3 N–H and O–H groups in total. The van der Waals surface area contributed by atoms with E-state index < -0.39 is 34.5 Å². The van der Waals surface area contributed by atoms with Crippen LogP contribution in [0.15, 0.2) is 95.7 Å². The molecule has 46 heavy (non-hydrogen) atoms. The number of para-hydroxylation sites is 1. The molecule has 0 radical (unpaired) electrons. The van der Waals surface area contributed by atoms with Gasteiger partial charge in [-0.25, -0.2) is 9.67 Å². The highest BCUT2D eigenvalue weighted by atomic mass is 32.1. The van der Waals surface area contributed by atoms with Crippen LogP contribution in [0.4, 0.5) is 5.69 Å². The number of amides is 1. The zero-order valence-electron chi connectivity index (χ0n) is 25.8. The Bertz CT molecular complexity index is 2010. The highest BCUT2D eigenvalue weighted by Crippen LogP contribution is 2.44. The maximum absolute atomic E-state index is 14.2. The molecule has 0 aliphatic carbocycles. The van der Waals surface area contributed by atoms with Gasteiger partial charge in [0.25, 0.3) is 11.5 Å². The number of carboxylic acid groups (broad SMARTS) is 1. The molecule has 1 aliphatic heterocycles. The molecule has 11 heteroatoms. The van der Waals surface area contributed by atoms with E-state index in [9.17, 15) is 24.6 Å². The van der Waals surface area contributed by atoms with Gasteiger partial charge in [0.1, 0.15) is 11.0 Å². The molecule has 0 unspecified atom stereocenters. The molecule has 3 heterocycles. The monoisotopic (exact) mass is 637 g/mol. The topological polar surface area (TPSA) is 130 Å². The smallest absolute Gasteiger partial charge is 0.318 e. The van der Waals surface area contributed by atoms with Crippen molar-refractivity contribution in [3.8, 4) is 5.69 Å². The zero-order valence-corrected chi connectivity index (χ0v) is 26.6. The van der Waals surface area contributed by atoms with Crippen LogP contribution < -0.4 is 15.8 Å². The largest absolute Gasteiger partial charge is 0.480 e. The fourth-order valence-electron chi connectivity index (χ4n) is 6.33. The van der Waals surface area contributed by atoms with E-state index in [1.165, 1.54) is 16.0 Å².